The number of rotatable bonds is 6. The van der Waals surface area contributed by atoms with E-state index in [1.54, 1.807) is 0 Å². The average molecular weight is 290 g/mol. The molecule has 0 aliphatic rings. The predicted molar refractivity (Wildman–Crippen MR) is 73.9 cm³/mol. The van der Waals surface area contributed by atoms with Crippen LogP contribution in [0.3, 0.4) is 0 Å². The van der Waals surface area contributed by atoms with Crippen LogP contribution in [0.2, 0.25) is 0 Å². The van der Waals surface area contributed by atoms with E-state index >= 15 is 0 Å². The summed E-state index contributed by atoms with van der Waals surface area (Å²) < 4.78 is 9.73. The number of aliphatic carboxylic acids is 1. The van der Waals surface area contributed by atoms with E-state index in [0.29, 0.717) is 0 Å². The molecule has 0 spiro atoms. The summed E-state index contributed by atoms with van der Waals surface area (Å²) in [6.45, 7) is 7.80. The minimum absolute atomic E-state index is 0.198. The first-order valence-electron chi connectivity index (χ1n) is 5.87. The third-order valence-corrected chi connectivity index (χ3v) is 2.33. The summed E-state index contributed by atoms with van der Waals surface area (Å²) >= 11 is 0. The highest BCUT2D eigenvalue weighted by molar-refractivity contribution is 5.92. The molecule has 0 bridgehead atoms. The van der Waals surface area contributed by atoms with E-state index in [1.165, 1.54) is 31.2 Å². The molecule has 0 unspecified atom stereocenters. The van der Waals surface area contributed by atoms with Crippen molar-refractivity contribution in [3.63, 3.8) is 0 Å². The normalized spacial score (nSPS) is 9.57. The first-order chi connectivity index (χ1) is 9.81. The van der Waals surface area contributed by atoms with Crippen molar-refractivity contribution in [2.75, 3.05) is 6.61 Å². The molecule has 0 aliphatic heterocycles. The van der Waals surface area contributed by atoms with Crippen LogP contribution in [0, 0.1) is 0 Å². The molecule has 110 valence electrons. The fourth-order valence-corrected chi connectivity index (χ4v) is 1.15. The van der Waals surface area contributed by atoms with Crippen molar-refractivity contribution in [3.8, 4) is 5.75 Å². The van der Waals surface area contributed by atoms with Crippen molar-refractivity contribution in [2.45, 2.75) is 6.92 Å². The standard InChI is InChI=1S/C15H14O6/c1-9(2)14(18)21-12-6-4-11(5-7-12)15(19)20-8-10(3)13(16)17/h4-7H,1,3,8H2,2H3,(H,16,17). The zero-order valence-electron chi connectivity index (χ0n) is 11.4. The van der Waals surface area contributed by atoms with E-state index in [-0.39, 0.29) is 22.5 Å². The SMILES string of the molecule is C=C(C)C(=O)Oc1ccc(C(=O)OCC(=C)C(=O)O)cc1. The van der Waals surface area contributed by atoms with Crippen LogP contribution in [-0.4, -0.2) is 29.6 Å². The lowest BCUT2D eigenvalue weighted by molar-refractivity contribution is -0.133. The van der Waals surface area contributed by atoms with Gasteiger partial charge in [0.2, 0.25) is 0 Å². The second-order valence-electron chi connectivity index (χ2n) is 4.18. The summed E-state index contributed by atoms with van der Waals surface area (Å²) in [6.07, 6.45) is 0. The summed E-state index contributed by atoms with van der Waals surface area (Å²) in [5, 5.41) is 8.58. The number of carbonyl (C=O) groups is 3. The van der Waals surface area contributed by atoms with Gasteiger partial charge in [-0.2, -0.15) is 0 Å². The number of benzene rings is 1. The smallest absolute Gasteiger partial charge is 0.338 e. The summed E-state index contributed by atoms with van der Waals surface area (Å²) in [7, 11) is 0. The zero-order valence-corrected chi connectivity index (χ0v) is 11.4. The topological polar surface area (TPSA) is 89.9 Å². The van der Waals surface area contributed by atoms with Gasteiger partial charge in [-0.3, -0.25) is 0 Å². The molecule has 21 heavy (non-hydrogen) atoms. The molecule has 6 nitrogen and oxygen atoms in total. The molecule has 0 aromatic heterocycles. The fourth-order valence-electron chi connectivity index (χ4n) is 1.15. The monoisotopic (exact) mass is 290 g/mol. The van der Waals surface area contributed by atoms with Gasteiger partial charge in [-0.25, -0.2) is 14.4 Å². The highest BCUT2D eigenvalue weighted by Crippen LogP contribution is 2.14. The van der Waals surface area contributed by atoms with E-state index < -0.39 is 24.5 Å². The van der Waals surface area contributed by atoms with E-state index in [1.807, 2.05) is 0 Å². The summed E-state index contributed by atoms with van der Waals surface area (Å²) in [5.74, 6) is -2.24. The highest BCUT2D eigenvalue weighted by Gasteiger charge is 2.11. The van der Waals surface area contributed by atoms with Gasteiger partial charge in [0.25, 0.3) is 0 Å². The van der Waals surface area contributed by atoms with Gasteiger partial charge in [-0.1, -0.05) is 13.2 Å². The Labute approximate surface area is 121 Å². The van der Waals surface area contributed by atoms with Crippen LogP contribution in [-0.2, 0) is 14.3 Å². The minimum Gasteiger partial charge on any atom is -0.478 e. The van der Waals surface area contributed by atoms with Crippen LogP contribution in [0.5, 0.6) is 5.75 Å². The molecular formula is C15H14O6. The van der Waals surface area contributed by atoms with Gasteiger partial charge in [0.15, 0.2) is 0 Å². The van der Waals surface area contributed by atoms with Crippen LogP contribution in [0.1, 0.15) is 17.3 Å². The highest BCUT2D eigenvalue weighted by atomic mass is 16.5. The Morgan fingerprint density at radius 2 is 1.71 bits per heavy atom. The van der Waals surface area contributed by atoms with Crippen molar-refractivity contribution in [2.24, 2.45) is 0 Å². The van der Waals surface area contributed by atoms with Crippen molar-refractivity contribution in [1.29, 1.82) is 0 Å². The number of hydrogen-bond acceptors (Lipinski definition) is 5. The lowest BCUT2D eigenvalue weighted by atomic mass is 10.2. The number of hydrogen-bond donors (Lipinski definition) is 1. The molecule has 0 fully saturated rings. The second-order valence-corrected chi connectivity index (χ2v) is 4.18. The number of esters is 2. The molecule has 0 amide bonds. The second kappa shape index (κ2) is 7.04. The number of carbonyl (C=O) groups excluding carboxylic acids is 2. The Bertz CT molecular complexity index is 597. The molecule has 0 saturated carbocycles. The molecule has 6 heteroatoms. The zero-order chi connectivity index (χ0) is 16.0. The number of carboxylic acid groups (broad SMARTS) is 1. The van der Waals surface area contributed by atoms with Gasteiger partial charge in [0.1, 0.15) is 12.4 Å². The first kappa shape index (κ1) is 16.2. The Morgan fingerprint density at radius 3 is 2.19 bits per heavy atom. The Balaban J connectivity index is 2.63. The number of carboxylic acids is 1. The van der Waals surface area contributed by atoms with Gasteiger partial charge in [0.05, 0.1) is 11.1 Å². The average Bonchev–Trinajstić information content (AvgIpc) is 2.44. The quantitative estimate of drug-likeness (QED) is 0.489. The van der Waals surface area contributed by atoms with E-state index in [0.717, 1.165) is 0 Å². The van der Waals surface area contributed by atoms with Gasteiger partial charge < -0.3 is 14.6 Å². The van der Waals surface area contributed by atoms with E-state index in [2.05, 4.69) is 13.2 Å². The Kier molecular flexibility index (Phi) is 5.42. The molecule has 1 aromatic rings. The maximum atomic E-state index is 11.6. The van der Waals surface area contributed by atoms with Crippen molar-refractivity contribution in [3.05, 3.63) is 54.1 Å². The van der Waals surface area contributed by atoms with Crippen LogP contribution < -0.4 is 4.74 Å². The number of ether oxygens (including phenoxy) is 2. The molecule has 0 saturated heterocycles. The van der Waals surface area contributed by atoms with Crippen LogP contribution in [0.25, 0.3) is 0 Å². The van der Waals surface area contributed by atoms with Gasteiger partial charge in [0, 0.05) is 5.57 Å². The Morgan fingerprint density at radius 1 is 1.14 bits per heavy atom. The van der Waals surface area contributed by atoms with Gasteiger partial charge in [-0.05, 0) is 31.2 Å². The van der Waals surface area contributed by atoms with Crippen molar-refractivity contribution in [1.82, 2.24) is 0 Å². The molecule has 1 aromatic carbocycles. The van der Waals surface area contributed by atoms with Gasteiger partial charge in [-0.15, -0.1) is 0 Å². The molecule has 0 radical (unpaired) electrons. The predicted octanol–water partition coefficient (Wildman–Crippen LogP) is 1.97. The molecular weight excluding hydrogens is 276 g/mol. The van der Waals surface area contributed by atoms with Crippen LogP contribution in [0.15, 0.2) is 48.6 Å². The molecule has 0 aliphatic carbocycles. The lowest BCUT2D eigenvalue weighted by Gasteiger charge is -2.06. The molecule has 0 heterocycles. The van der Waals surface area contributed by atoms with E-state index in [4.69, 9.17) is 14.6 Å². The van der Waals surface area contributed by atoms with Crippen LogP contribution in [0.4, 0.5) is 0 Å². The largest absolute Gasteiger partial charge is 0.478 e. The molecule has 1 rings (SSSR count). The summed E-state index contributed by atoms with van der Waals surface area (Å²) in [6, 6.07) is 5.63. The molecule has 1 N–H and O–H groups in total. The summed E-state index contributed by atoms with van der Waals surface area (Å²) in [4.78, 5) is 33.4. The van der Waals surface area contributed by atoms with E-state index in [9.17, 15) is 14.4 Å². The summed E-state index contributed by atoms with van der Waals surface area (Å²) in [5.41, 5.74) is 0.226. The maximum absolute atomic E-state index is 11.6. The van der Waals surface area contributed by atoms with Crippen LogP contribution >= 0.6 is 0 Å². The third kappa shape index (κ3) is 4.94. The minimum atomic E-state index is -1.23. The third-order valence-electron chi connectivity index (χ3n) is 2.33. The van der Waals surface area contributed by atoms with Gasteiger partial charge >= 0.3 is 17.9 Å². The van der Waals surface area contributed by atoms with Crippen molar-refractivity contribution >= 4 is 17.9 Å². The fraction of sp³-hybridized carbons (Fsp3) is 0.133. The molecule has 0 atom stereocenters. The maximum Gasteiger partial charge on any atom is 0.338 e. The van der Waals surface area contributed by atoms with Crippen molar-refractivity contribution < 1.29 is 29.0 Å². The first-order valence-corrected chi connectivity index (χ1v) is 5.87. The lowest BCUT2D eigenvalue weighted by Crippen LogP contribution is -2.12. The Hall–Kier alpha value is -2.89.